The third kappa shape index (κ3) is 3.79. The number of carbonyl (C=O) groups excluding carboxylic acids is 1. The van der Waals surface area contributed by atoms with Gasteiger partial charge in [-0.15, -0.1) is 0 Å². The number of rotatable bonds is 2. The summed E-state index contributed by atoms with van der Waals surface area (Å²) >= 11 is 0. The maximum Gasteiger partial charge on any atom is 0.272 e. The van der Waals surface area contributed by atoms with Gasteiger partial charge < -0.3 is 10.2 Å². The van der Waals surface area contributed by atoms with Gasteiger partial charge >= 0.3 is 0 Å². The minimum Gasteiger partial charge on any atom is -0.342 e. The Morgan fingerprint density at radius 2 is 2.07 bits per heavy atom. The molecule has 1 aromatic heterocycles. The summed E-state index contributed by atoms with van der Waals surface area (Å²) in [6, 6.07) is 10.1. The lowest BCUT2D eigenvalue weighted by molar-refractivity contribution is 0.0773. The van der Waals surface area contributed by atoms with Crippen LogP contribution < -0.4 is 10.6 Å². The lowest BCUT2D eigenvalue weighted by Crippen LogP contribution is -2.56. The topological polar surface area (TPSA) is 74.6 Å². The first-order valence-electron chi connectivity index (χ1n) is 10.3. The van der Waals surface area contributed by atoms with Gasteiger partial charge in [0.15, 0.2) is 0 Å². The number of nitrogens with one attached hydrogen (secondary N) is 2. The number of anilines is 1. The SMILES string of the molecule is CCn1nccc1C(=O)N1CCC2(C1)NCc1ccccc1NC2=NC(C)(C)C. The molecule has 1 aromatic carbocycles. The first-order valence-corrected chi connectivity index (χ1v) is 10.3. The molecule has 1 unspecified atom stereocenters. The Bertz CT molecular complexity index is 941. The Hall–Kier alpha value is -2.67. The maximum absolute atomic E-state index is 13.2. The molecule has 2 aliphatic rings. The van der Waals surface area contributed by atoms with Gasteiger partial charge in [-0.2, -0.15) is 5.10 Å². The van der Waals surface area contributed by atoms with Gasteiger partial charge in [0.2, 0.25) is 0 Å². The van der Waals surface area contributed by atoms with Crippen molar-refractivity contribution in [1.82, 2.24) is 20.0 Å². The first-order chi connectivity index (χ1) is 13.8. The molecule has 1 saturated heterocycles. The smallest absolute Gasteiger partial charge is 0.272 e. The van der Waals surface area contributed by atoms with Crippen molar-refractivity contribution in [2.45, 2.75) is 58.3 Å². The van der Waals surface area contributed by atoms with Crippen molar-refractivity contribution in [1.29, 1.82) is 0 Å². The Morgan fingerprint density at radius 3 is 2.83 bits per heavy atom. The van der Waals surface area contributed by atoms with E-state index < -0.39 is 0 Å². The van der Waals surface area contributed by atoms with Crippen molar-refractivity contribution < 1.29 is 4.79 Å². The standard InChI is InChI=1S/C22H30N6O/c1-5-28-18(10-12-24-28)19(29)27-13-11-22(15-27)20(26-21(2,3)4)25-17-9-7-6-8-16(17)14-23-22/h6-10,12,23H,5,11,13-15H2,1-4H3,(H,25,26). The summed E-state index contributed by atoms with van der Waals surface area (Å²) in [6.45, 7) is 11.0. The highest BCUT2D eigenvalue weighted by molar-refractivity contribution is 6.05. The number of para-hydroxylation sites is 1. The molecule has 1 fully saturated rings. The highest BCUT2D eigenvalue weighted by Crippen LogP contribution is 2.31. The number of hydrogen-bond acceptors (Lipinski definition) is 4. The van der Waals surface area contributed by atoms with E-state index in [1.54, 1.807) is 16.9 Å². The number of hydrogen-bond donors (Lipinski definition) is 2. The Kier molecular flexibility index (Phi) is 4.94. The normalized spacial score (nSPS) is 23.2. The molecule has 0 bridgehead atoms. The first kappa shape index (κ1) is 19.6. The minimum absolute atomic E-state index is 0.0277. The third-order valence-electron chi connectivity index (χ3n) is 5.58. The van der Waals surface area contributed by atoms with Gasteiger partial charge in [0.25, 0.3) is 5.91 Å². The molecular formula is C22H30N6O. The van der Waals surface area contributed by atoms with Gasteiger partial charge in [-0.3, -0.25) is 19.8 Å². The fraction of sp³-hybridized carbons (Fsp3) is 0.500. The lowest BCUT2D eigenvalue weighted by atomic mass is 9.95. The Labute approximate surface area is 172 Å². The quantitative estimate of drug-likeness (QED) is 0.821. The monoisotopic (exact) mass is 394 g/mol. The van der Waals surface area contributed by atoms with Crippen LogP contribution >= 0.6 is 0 Å². The molecule has 0 saturated carbocycles. The van der Waals surface area contributed by atoms with E-state index in [-0.39, 0.29) is 17.0 Å². The van der Waals surface area contributed by atoms with Crippen LogP contribution in [-0.2, 0) is 13.1 Å². The molecule has 29 heavy (non-hydrogen) atoms. The van der Waals surface area contributed by atoms with Crippen LogP contribution in [0.15, 0.2) is 41.5 Å². The molecule has 4 rings (SSSR count). The molecule has 7 nitrogen and oxygen atoms in total. The number of nitrogens with zero attached hydrogens (tertiary/aromatic N) is 4. The van der Waals surface area contributed by atoms with Gasteiger partial charge in [-0.05, 0) is 51.8 Å². The number of aliphatic imine (C=N–C) groups is 1. The van der Waals surface area contributed by atoms with Crippen molar-refractivity contribution in [3.63, 3.8) is 0 Å². The Morgan fingerprint density at radius 1 is 1.28 bits per heavy atom. The molecule has 7 heteroatoms. The molecule has 0 aliphatic carbocycles. The number of benzene rings is 1. The number of carbonyl (C=O) groups is 1. The molecule has 1 atom stereocenters. The number of likely N-dealkylation sites (tertiary alicyclic amines) is 1. The van der Waals surface area contributed by atoms with E-state index in [2.05, 4.69) is 54.7 Å². The fourth-order valence-corrected chi connectivity index (χ4v) is 4.11. The highest BCUT2D eigenvalue weighted by atomic mass is 16.2. The zero-order valence-corrected chi connectivity index (χ0v) is 17.7. The van der Waals surface area contributed by atoms with E-state index >= 15 is 0 Å². The molecule has 2 aromatic rings. The van der Waals surface area contributed by atoms with E-state index in [9.17, 15) is 4.79 Å². The lowest BCUT2D eigenvalue weighted by Gasteiger charge is -2.32. The average Bonchev–Trinajstić information content (AvgIpc) is 3.30. The van der Waals surface area contributed by atoms with Crippen LogP contribution in [0, 0.1) is 0 Å². The zero-order valence-electron chi connectivity index (χ0n) is 17.7. The molecule has 1 amide bonds. The zero-order chi connectivity index (χ0) is 20.6. The summed E-state index contributed by atoms with van der Waals surface area (Å²) in [4.78, 5) is 20.1. The third-order valence-corrected chi connectivity index (χ3v) is 5.58. The van der Waals surface area contributed by atoms with Crippen molar-refractivity contribution >= 4 is 17.4 Å². The minimum atomic E-state index is -0.390. The summed E-state index contributed by atoms with van der Waals surface area (Å²) in [7, 11) is 0. The van der Waals surface area contributed by atoms with Crippen LogP contribution in [0.1, 0.15) is 50.2 Å². The summed E-state index contributed by atoms with van der Waals surface area (Å²) in [5, 5.41) is 11.6. The van der Waals surface area contributed by atoms with E-state index in [1.165, 1.54) is 5.56 Å². The van der Waals surface area contributed by atoms with E-state index in [0.717, 1.165) is 24.5 Å². The van der Waals surface area contributed by atoms with E-state index in [0.29, 0.717) is 25.3 Å². The van der Waals surface area contributed by atoms with Gasteiger partial charge in [0.1, 0.15) is 11.5 Å². The molecule has 154 valence electrons. The van der Waals surface area contributed by atoms with Crippen molar-refractivity contribution in [2.75, 3.05) is 18.4 Å². The number of fused-ring (bicyclic) bond motifs is 1. The predicted octanol–water partition coefficient (Wildman–Crippen LogP) is 2.90. The molecular weight excluding hydrogens is 364 g/mol. The van der Waals surface area contributed by atoms with Gasteiger partial charge in [-0.25, -0.2) is 0 Å². The summed E-state index contributed by atoms with van der Waals surface area (Å²) < 4.78 is 1.76. The number of aryl methyl sites for hydroxylation is 1. The summed E-state index contributed by atoms with van der Waals surface area (Å²) in [5.74, 6) is 0.939. The van der Waals surface area contributed by atoms with Crippen molar-refractivity contribution in [2.24, 2.45) is 4.99 Å². The average molecular weight is 395 g/mol. The van der Waals surface area contributed by atoms with E-state index in [1.807, 2.05) is 17.9 Å². The largest absolute Gasteiger partial charge is 0.342 e. The Balaban J connectivity index is 1.66. The van der Waals surface area contributed by atoms with Crippen LogP contribution in [0.2, 0.25) is 0 Å². The molecule has 2 aliphatic heterocycles. The second-order valence-corrected chi connectivity index (χ2v) is 8.86. The second kappa shape index (κ2) is 7.30. The number of amides is 1. The highest BCUT2D eigenvalue weighted by Gasteiger charge is 2.46. The number of amidine groups is 1. The molecule has 3 heterocycles. The van der Waals surface area contributed by atoms with Crippen LogP contribution in [0.25, 0.3) is 0 Å². The van der Waals surface area contributed by atoms with Crippen LogP contribution in [0.3, 0.4) is 0 Å². The van der Waals surface area contributed by atoms with E-state index in [4.69, 9.17) is 4.99 Å². The van der Waals surface area contributed by atoms with Crippen molar-refractivity contribution in [3.05, 3.63) is 47.8 Å². The van der Waals surface area contributed by atoms with Crippen molar-refractivity contribution in [3.8, 4) is 0 Å². The summed E-state index contributed by atoms with van der Waals surface area (Å²) in [5.41, 5.74) is 2.31. The van der Waals surface area contributed by atoms with Gasteiger partial charge in [0.05, 0.1) is 11.1 Å². The fourth-order valence-electron chi connectivity index (χ4n) is 4.11. The predicted molar refractivity (Wildman–Crippen MR) is 115 cm³/mol. The van der Waals surface area contributed by atoms with Crippen LogP contribution in [-0.4, -0.2) is 50.6 Å². The number of aromatic nitrogens is 2. The second-order valence-electron chi connectivity index (χ2n) is 8.86. The molecule has 0 radical (unpaired) electrons. The maximum atomic E-state index is 13.2. The van der Waals surface area contributed by atoms with Crippen LogP contribution in [0.5, 0.6) is 0 Å². The van der Waals surface area contributed by atoms with Gasteiger partial charge in [-0.1, -0.05) is 18.2 Å². The van der Waals surface area contributed by atoms with Gasteiger partial charge in [0, 0.05) is 38.1 Å². The summed E-state index contributed by atoms with van der Waals surface area (Å²) in [6.07, 6.45) is 2.51. The molecule has 2 N–H and O–H groups in total. The van der Waals surface area contributed by atoms with Crippen LogP contribution in [0.4, 0.5) is 5.69 Å². The molecule has 1 spiro atoms.